The normalized spacial score (nSPS) is 12.3. The van der Waals surface area contributed by atoms with Crippen LogP contribution in [0.25, 0.3) is 89.2 Å². The van der Waals surface area contributed by atoms with E-state index in [4.69, 9.17) is 67.7 Å². The van der Waals surface area contributed by atoms with Crippen LogP contribution in [0.4, 0.5) is 17.6 Å². The predicted octanol–water partition coefficient (Wildman–Crippen LogP) is 18.5. The van der Waals surface area contributed by atoms with Crippen LogP contribution in [0.1, 0.15) is 50.5 Å². The Balaban J connectivity index is 0.000000161. The van der Waals surface area contributed by atoms with E-state index in [1.54, 1.807) is 72.8 Å². The highest BCUT2D eigenvalue weighted by Crippen LogP contribution is 2.35. The highest BCUT2D eigenvalue weighted by Gasteiger charge is 2.19. The number of aliphatic hydroxyl groups excluding tert-OH is 1. The number of hydrogen-bond acceptors (Lipinski definition) is 12. The number of aromatic nitrogens is 8. The first-order valence-electron chi connectivity index (χ1n) is 26.3. The summed E-state index contributed by atoms with van der Waals surface area (Å²) in [6, 6.07) is 48.1. The molecule has 0 aliphatic carbocycles. The molecule has 1 fully saturated rings. The molecule has 8 aromatic carbocycles. The van der Waals surface area contributed by atoms with Gasteiger partial charge in [0.2, 0.25) is 0 Å². The van der Waals surface area contributed by atoms with Crippen molar-refractivity contribution < 1.29 is 27.4 Å². The van der Waals surface area contributed by atoms with E-state index in [1.807, 2.05) is 72.8 Å². The molecule has 1 saturated heterocycles. The zero-order valence-electron chi connectivity index (χ0n) is 45.1. The van der Waals surface area contributed by atoms with Crippen molar-refractivity contribution in [1.82, 2.24) is 39.9 Å². The van der Waals surface area contributed by atoms with Crippen molar-refractivity contribution in [2.45, 2.75) is 57.7 Å². The molecule has 4 aromatic heterocycles. The Morgan fingerprint density at radius 2 is 0.682 bits per heavy atom. The second-order valence-corrected chi connectivity index (χ2v) is 21.3. The third-order valence-corrected chi connectivity index (χ3v) is 15.3. The Kier molecular flexibility index (Phi) is 25.1. The van der Waals surface area contributed by atoms with Crippen molar-refractivity contribution in [3.63, 3.8) is 0 Å². The van der Waals surface area contributed by atoms with Gasteiger partial charge in [-0.05, 0) is 79.2 Å². The van der Waals surface area contributed by atoms with Gasteiger partial charge in [0.15, 0.2) is 29.6 Å². The van der Waals surface area contributed by atoms with E-state index in [1.165, 1.54) is 24.3 Å². The number of rotatable bonds is 8. The van der Waals surface area contributed by atoms with E-state index in [0.717, 1.165) is 41.8 Å². The lowest BCUT2D eigenvalue weighted by Crippen LogP contribution is -2.05. The number of aliphatic hydroxyl groups is 1. The molecule has 12 nitrogen and oxygen atoms in total. The summed E-state index contributed by atoms with van der Waals surface area (Å²) in [5, 5.41) is 11.8. The second kappa shape index (κ2) is 32.3. The average molecular weight is 1400 g/mol. The molecule has 12 aromatic rings. The summed E-state index contributed by atoms with van der Waals surface area (Å²) >= 11 is 31.5. The van der Waals surface area contributed by atoms with E-state index in [2.05, 4.69) is 71.7 Å². The topological polar surface area (TPSA) is 185 Å². The lowest BCUT2D eigenvalue weighted by Gasteiger charge is -2.10. The standard InChI is InChI=1S/2C15H9BrClFN2.2C15H11ClFN3.C4H8O2.2CH4/c16-8-13-14(9-4-1-2-5-10(9)17)19-12-7-3-6-11(18)15(12)20-13;16-8-13-14(9-4-1-2-5-10(9)17)20-15-11(18)6-3-7-12(15)19-13;16-10-5-2-1-4-9(10)14-13(8-18)20-15-11(17)6-3-7-12(15)19-14;16-10-5-2-1-4-9(10)14-13(8-18)19-12-7-3-6-11(17)15(12)20-14;5-4-2-1-3-6-4;;/h2*1-7H,8H2;2*1-7H,8,18H2;4-5H,1-3H2;2*1H4. The first kappa shape index (κ1) is 68.3. The van der Waals surface area contributed by atoms with Crippen LogP contribution in [0.5, 0.6) is 0 Å². The van der Waals surface area contributed by atoms with Crippen LogP contribution in [0.15, 0.2) is 170 Å². The molecule has 1 aliphatic rings. The van der Waals surface area contributed by atoms with Crippen LogP contribution in [0, 0.1) is 23.3 Å². The van der Waals surface area contributed by atoms with Gasteiger partial charge in [-0.1, -0.05) is 190 Å². The molecule has 0 radical (unpaired) electrons. The van der Waals surface area contributed by atoms with Crippen molar-refractivity contribution in [3.8, 4) is 45.0 Å². The first-order chi connectivity index (χ1) is 41.7. The average Bonchev–Trinajstić information content (AvgIpc) is 2.10. The van der Waals surface area contributed by atoms with Gasteiger partial charge in [0.1, 0.15) is 22.1 Å². The van der Waals surface area contributed by atoms with Gasteiger partial charge in [-0.3, -0.25) is 0 Å². The molecular formula is C66H56Br2Cl4F4N10O2. The van der Waals surface area contributed by atoms with E-state index >= 15 is 0 Å². The molecule has 0 amide bonds. The number of hydrogen-bond donors (Lipinski definition) is 3. The Labute approximate surface area is 542 Å². The van der Waals surface area contributed by atoms with Gasteiger partial charge in [-0.25, -0.2) is 57.4 Å². The number of halogens is 10. The smallest absolute Gasteiger partial charge is 0.154 e. The third-order valence-electron chi connectivity index (χ3n) is 12.9. The quantitative estimate of drug-likeness (QED) is 0.0968. The fourth-order valence-corrected chi connectivity index (χ4v) is 10.5. The fraction of sp³-hybridized carbons (Fsp3) is 0.152. The van der Waals surface area contributed by atoms with E-state index in [-0.39, 0.29) is 61.6 Å². The molecule has 1 unspecified atom stereocenters. The van der Waals surface area contributed by atoms with Crippen LogP contribution >= 0.6 is 78.3 Å². The lowest BCUT2D eigenvalue weighted by molar-refractivity contribution is -0.0589. The summed E-state index contributed by atoms with van der Waals surface area (Å²) in [6.07, 6.45) is 1.38. The Bertz CT molecular complexity index is 4120. The van der Waals surface area contributed by atoms with Crippen molar-refractivity contribution in [3.05, 3.63) is 236 Å². The maximum absolute atomic E-state index is 13.9. The highest BCUT2D eigenvalue weighted by molar-refractivity contribution is 9.08. The van der Waals surface area contributed by atoms with E-state index < -0.39 is 17.9 Å². The second-order valence-electron chi connectivity index (χ2n) is 18.6. The zero-order valence-corrected chi connectivity index (χ0v) is 51.3. The maximum atomic E-state index is 13.9. The molecule has 13 rings (SSSR count). The summed E-state index contributed by atoms with van der Waals surface area (Å²) in [7, 11) is 0. The number of nitrogens with zero attached hydrogens (tertiary/aromatic N) is 8. The van der Waals surface area contributed by atoms with Gasteiger partial charge in [-0.15, -0.1) is 0 Å². The van der Waals surface area contributed by atoms with Gasteiger partial charge >= 0.3 is 0 Å². The Morgan fingerprint density at radius 1 is 0.398 bits per heavy atom. The van der Waals surface area contributed by atoms with Crippen LogP contribution in [0.2, 0.25) is 20.1 Å². The molecule has 22 heteroatoms. The minimum atomic E-state index is -0.454. The molecule has 1 atom stereocenters. The summed E-state index contributed by atoms with van der Waals surface area (Å²) in [5.74, 6) is -1.57. The molecule has 452 valence electrons. The summed E-state index contributed by atoms with van der Waals surface area (Å²) in [5.41, 5.74) is 22.3. The molecule has 0 bridgehead atoms. The maximum Gasteiger partial charge on any atom is 0.154 e. The molecule has 0 spiro atoms. The minimum absolute atomic E-state index is 0. The number of alkyl halides is 2. The Morgan fingerprint density at radius 3 is 1.00 bits per heavy atom. The zero-order chi connectivity index (χ0) is 60.9. The van der Waals surface area contributed by atoms with Crippen LogP contribution in [-0.4, -0.2) is 57.9 Å². The number of fused-ring (bicyclic) bond motifs is 4. The van der Waals surface area contributed by atoms with Crippen LogP contribution < -0.4 is 11.5 Å². The monoisotopic (exact) mass is 1390 g/mol. The molecule has 88 heavy (non-hydrogen) atoms. The van der Waals surface area contributed by atoms with Crippen molar-refractivity contribution in [1.29, 1.82) is 0 Å². The summed E-state index contributed by atoms with van der Waals surface area (Å²) < 4.78 is 59.9. The largest absolute Gasteiger partial charge is 0.368 e. The van der Waals surface area contributed by atoms with Crippen molar-refractivity contribution >= 4 is 122 Å². The van der Waals surface area contributed by atoms with E-state index in [9.17, 15) is 17.6 Å². The minimum Gasteiger partial charge on any atom is -0.368 e. The third kappa shape index (κ3) is 16.2. The van der Waals surface area contributed by atoms with Crippen LogP contribution in [-0.2, 0) is 28.5 Å². The molecule has 5 heterocycles. The number of para-hydroxylation sites is 4. The van der Waals surface area contributed by atoms with Gasteiger partial charge in [0, 0.05) is 59.0 Å². The molecule has 1 aliphatic heterocycles. The van der Waals surface area contributed by atoms with Crippen molar-refractivity contribution in [2.24, 2.45) is 11.5 Å². The predicted molar refractivity (Wildman–Crippen MR) is 355 cm³/mol. The van der Waals surface area contributed by atoms with Gasteiger partial charge in [0.25, 0.3) is 0 Å². The number of benzene rings is 8. The fourth-order valence-electron chi connectivity index (χ4n) is 8.82. The SMILES string of the molecule is C.C.Fc1cccc2nc(-c3ccccc3Cl)c(CBr)nc12.Fc1cccc2nc(CBr)c(-c3ccccc3Cl)nc12.NCc1nc2c(F)cccc2nc1-c1ccccc1Cl.NCc1nc2cccc(F)c2nc1-c1ccccc1Cl.OC1CCCO1. The molecule has 5 N–H and O–H groups in total. The number of nitrogens with two attached hydrogens (primary N) is 2. The van der Waals surface area contributed by atoms with E-state index in [0.29, 0.717) is 98.2 Å². The lowest BCUT2D eigenvalue weighted by atomic mass is 10.1. The van der Waals surface area contributed by atoms with Gasteiger partial charge in [-0.2, -0.15) is 0 Å². The summed E-state index contributed by atoms with van der Waals surface area (Å²) in [6.45, 7) is 1.11. The first-order valence-corrected chi connectivity index (χ1v) is 30.1. The molecule has 0 saturated carbocycles. The van der Waals surface area contributed by atoms with Gasteiger partial charge in [0.05, 0.1) is 87.7 Å². The summed E-state index contributed by atoms with van der Waals surface area (Å²) in [4.78, 5) is 35.3. The highest BCUT2D eigenvalue weighted by atomic mass is 79.9. The van der Waals surface area contributed by atoms with Gasteiger partial charge < -0.3 is 21.3 Å². The van der Waals surface area contributed by atoms with Crippen molar-refractivity contribution in [2.75, 3.05) is 6.61 Å². The van der Waals surface area contributed by atoms with Crippen LogP contribution in [0.3, 0.4) is 0 Å². The Hall–Kier alpha value is -7.20. The molecular weight excluding hydrogens is 1340 g/mol. The number of ether oxygens (including phenoxy) is 1.